The SMILES string of the molecule is C[Si](C)(C)OS(=O)(=O)OC1CCCC(OS(=O)O)C1. The van der Waals surface area contributed by atoms with E-state index < -0.39 is 42.3 Å². The second-order valence-corrected chi connectivity index (χ2v) is 12.0. The largest absolute Gasteiger partial charge is 0.390 e. The molecular formula is C9H20O7S2Si. The minimum atomic E-state index is -4.02. The van der Waals surface area contributed by atoms with Crippen molar-refractivity contribution in [3.63, 3.8) is 0 Å². The average molecular weight is 332 g/mol. The van der Waals surface area contributed by atoms with Gasteiger partial charge in [-0.1, -0.05) is 0 Å². The van der Waals surface area contributed by atoms with Crippen LogP contribution in [0.5, 0.6) is 0 Å². The van der Waals surface area contributed by atoms with E-state index in [1.54, 1.807) is 19.6 Å². The Morgan fingerprint density at radius 2 is 1.79 bits per heavy atom. The van der Waals surface area contributed by atoms with E-state index in [-0.39, 0.29) is 6.42 Å². The van der Waals surface area contributed by atoms with Gasteiger partial charge in [0.2, 0.25) is 8.32 Å². The third-order valence-corrected chi connectivity index (χ3v) is 6.16. The maximum atomic E-state index is 11.7. The lowest BCUT2D eigenvalue weighted by atomic mass is 9.95. The second-order valence-electron chi connectivity index (χ2n) is 5.42. The van der Waals surface area contributed by atoms with E-state index in [1.807, 2.05) is 0 Å². The van der Waals surface area contributed by atoms with Gasteiger partial charge in [-0.3, -0.25) is 12.6 Å². The average Bonchev–Trinajstić information content (AvgIpc) is 2.11. The van der Waals surface area contributed by atoms with Gasteiger partial charge >= 0.3 is 21.8 Å². The molecule has 1 aliphatic carbocycles. The Kier molecular flexibility index (Phi) is 6.11. The molecule has 19 heavy (non-hydrogen) atoms. The molecule has 1 N–H and O–H groups in total. The molecule has 0 aliphatic heterocycles. The molecule has 1 fully saturated rings. The summed E-state index contributed by atoms with van der Waals surface area (Å²) in [7, 11) is -6.28. The van der Waals surface area contributed by atoms with Crippen molar-refractivity contribution >= 4 is 30.1 Å². The lowest BCUT2D eigenvalue weighted by Gasteiger charge is -2.28. The molecule has 1 rings (SSSR count). The molecule has 3 atom stereocenters. The van der Waals surface area contributed by atoms with Crippen LogP contribution >= 0.6 is 0 Å². The maximum Gasteiger partial charge on any atom is 0.390 e. The molecule has 7 nitrogen and oxygen atoms in total. The van der Waals surface area contributed by atoms with Crippen LogP contribution in [0.15, 0.2) is 0 Å². The molecule has 10 heteroatoms. The van der Waals surface area contributed by atoms with Crippen molar-refractivity contribution in [3.05, 3.63) is 0 Å². The van der Waals surface area contributed by atoms with Crippen LogP contribution in [0.4, 0.5) is 0 Å². The minimum Gasteiger partial charge on any atom is -0.294 e. The van der Waals surface area contributed by atoms with Crippen molar-refractivity contribution in [2.24, 2.45) is 0 Å². The van der Waals surface area contributed by atoms with Crippen molar-refractivity contribution in [1.29, 1.82) is 0 Å². The van der Waals surface area contributed by atoms with Gasteiger partial charge in [-0.15, -0.1) is 0 Å². The molecule has 0 aromatic carbocycles. The first kappa shape index (κ1) is 17.2. The molecule has 0 heterocycles. The van der Waals surface area contributed by atoms with Crippen LogP contribution in [0.2, 0.25) is 19.6 Å². The highest BCUT2D eigenvalue weighted by Crippen LogP contribution is 2.26. The van der Waals surface area contributed by atoms with Crippen LogP contribution in [0, 0.1) is 0 Å². The Labute approximate surface area is 117 Å². The second kappa shape index (κ2) is 6.74. The normalized spacial score (nSPS) is 27.2. The standard InChI is InChI=1S/C9H20O7S2Si/c1-19(2,3)16-18(12,13)15-9-6-4-5-8(7-9)14-17(10)11/h8-9H,4-7H2,1-3H3,(H,10,11). The predicted octanol–water partition coefficient (Wildman–Crippen LogP) is 1.56. The Morgan fingerprint density at radius 1 is 1.21 bits per heavy atom. The zero-order chi connectivity index (χ0) is 14.7. The van der Waals surface area contributed by atoms with Crippen molar-refractivity contribution in [2.75, 3.05) is 0 Å². The summed E-state index contributed by atoms with van der Waals surface area (Å²) in [5.74, 6) is 0. The predicted molar refractivity (Wildman–Crippen MR) is 72.3 cm³/mol. The lowest BCUT2D eigenvalue weighted by Crippen LogP contribution is -2.35. The number of hydrogen-bond acceptors (Lipinski definition) is 6. The van der Waals surface area contributed by atoms with Gasteiger partial charge in [0, 0.05) is 6.42 Å². The van der Waals surface area contributed by atoms with E-state index >= 15 is 0 Å². The summed E-state index contributed by atoms with van der Waals surface area (Å²) in [6.45, 7) is 5.24. The Bertz CT molecular complexity index is 417. The Balaban J connectivity index is 2.54. The molecule has 3 unspecified atom stereocenters. The number of hydrogen-bond donors (Lipinski definition) is 1. The smallest absolute Gasteiger partial charge is 0.294 e. The topological polar surface area (TPSA) is 99.1 Å². The quantitative estimate of drug-likeness (QED) is 0.582. The third kappa shape index (κ3) is 7.49. The minimum absolute atomic E-state index is 0.264. The van der Waals surface area contributed by atoms with Crippen LogP contribution in [0.1, 0.15) is 25.7 Å². The molecule has 114 valence electrons. The highest BCUT2D eigenvalue weighted by molar-refractivity contribution is 7.83. The van der Waals surface area contributed by atoms with Gasteiger partial charge in [0.1, 0.15) is 0 Å². The van der Waals surface area contributed by atoms with Gasteiger partial charge in [0.25, 0.3) is 0 Å². The summed E-state index contributed by atoms with van der Waals surface area (Å²) in [5, 5.41) is 0. The monoisotopic (exact) mass is 332 g/mol. The highest BCUT2D eigenvalue weighted by atomic mass is 32.3. The Morgan fingerprint density at radius 3 is 2.32 bits per heavy atom. The van der Waals surface area contributed by atoms with Gasteiger partial charge in [-0.25, -0.2) is 4.18 Å². The van der Waals surface area contributed by atoms with Crippen LogP contribution in [0.3, 0.4) is 0 Å². The van der Waals surface area contributed by atoms with E-state index in [4.69, 9.17) is 16.8 Å². The van der Waals surface area contributed by atoms with E-state index in [0.29, 0.717) is 19.3 Å². The fourth-order valence-electron chi connectivity index (χ4n) is 1.89. The summed E-state index contributed by atoms with van der Waals surface area (Å²) < 4.78 is 57.3. The summed E-state index contributed by atoms with van der Waals surface area (Å²) in [4.78, 5) is 0. The summed E-state index contributed by atoms with van der Waals surface area (Å²) >= 11 is -2.35. The zero-order valence-corrected chi connectivity index (χ0v) is 13.8. The molecule has 0 spiro atoms. The summed E-state index contributed by atoms with van der Waals surface area (Å²) in [5.41, 5.74) is 0. The van der Waals surface area contributed by atoms with Gasteiger partial charge in [0.15, 0.2) is 0 Å². The first-order valence-electron chi connectivity index (χ1n) is 5.99. The molecule has 0 radical (unpaired) electrons. The molecule has 1 saturated carbocycles. The van der Waals surface area contributed by atoms with Crippen molar-refractivity contribution in [1.82, 2.24) is 0 Å². The molecule has 0 bridgehead atoms. The van der Waals surface area contributed by atoms with Crippen molar-refractivity contribution < 1.29 is 29.4 Å². The summed E-state index contributed by atoms with van der Waals surface area (Å²) in [6, 6.07) is 0. The van der Waals surface area contributed by atoms with Crippen molar-refractivity contribution in [3.8, 4) is 0 Å². The third-order valence-electron chi connectivity index (χ3n) is 2.40. The van der Waals surface area contributed by atoms with Crippen LogP contribution in [-0.4, -0.2) is 37.7 Å². The van der Waals surface area contributed by atoms with Crippen LogP contribution < -0.4 is 0 Å². The first-order chi connectivity index (χ1) is 8.57. The number of rotatable bonds is 6. The highest BCUT2D eigenvalue weighted by Gasteiger charge is 2.32. The molecule has 0 saturated heterocycles. The van der Waals surface area contributed by atoms with Gasteiger partial charge in [0.05, 0.1) is 12.2 Å². The molecular weight excluding hydrogens is 312 g/mol. The van der Waals surface area contributed by atoms with Crippen LogP contribution in [-0.2, 0) is 34.0 Å². The Hall–Kier alpha value is 0.157. The molecule has 0 aromatic heterocycles. The molecule has 0 amide bonds. The molecule has 1 aliphatic rings. The maximum absolute atomic E-state index is 11.7. The van der Waals surface area contributed by atoms with Gasteiger partial charge < -0.3 is 0 Å². The van der Waals surface area contributed by atoms with E-state index in [9.17, 15) is 12.6 Å². The zero-order valence-electron chi connectivity index (χ0n) is 11.2. The fourth-order valence-corrected chi connectivity index (χ4v) is 5.41. The fraction of sp³-hybridized carbons (Fsp3) is 1.00. The first-order valence-corrected chi connectivity index (χ1v) is 11.8. The summed E-state index contributed by atoms with van der Waals surface area (Å²) in [6.07, 6.45) is 1.08. The van der Waals surface area contributed by atoms with Crippen LogP contribution in [0.25, 0.3) is 0 Å². The van der Waals surface area contributed by atoms with E-state index in [2.05, 4.69) is 0 Å². The van der Waals surface area contributed by atoms with Crippen molar-refractivity contribution in [2.45, 2.75) is 57.5 Å². The lowest BCUT2D eigenvalue weighted by molar-refractivity contribution is 0.0682. The van der Waals surface area contributed by atoms with Gasteiger partial charge in [-0.2, -0.15) is 12.6 Å². The van der Waals surface area contributed by atoms with E-state index in [0.717, 1.165) is 0 Å². The van der Waals surface area contributed by atoms with E-state index in [1.165, 1.54) is 0 Å². The van der Waals surface area contributed by atoms with Gasteiger partial charge in [-0.05, 0) is 38.9 Å². The molecule has 0 aromatic rings.